The van der Waals surface area contributed by atoms with E-state index in [2.05, 4.69) is 21.6 Å². The summed E-state index contributed by atoms with van der Waals surface area (Å²) in [5, 5.41) is 11.6. The van der Waals surface area contributed by atoms with Crippen LogP contribution in [0.3, 0.4) is 0 Å². The maximum Gasteiger partial charge on any atom is 0.287 e. The maximum absolute atomic E-state index is 11.6. The predicted octanol–water partition coefficient (Wildman–Crippen LogP) is 1.75. The summed E-state index contributed by atoms with van der Waals surface area (Å²) in [6.07, 6.45) is 2.44. The zero-order valence-corrected chi connectivity index (χ0v) is 12.6. The molecule has 7 heteroatoms. The lowest BCUT2D eigenvalue weighted by atomic mass is 10.3. The van der Waals surface area contributed by atoms with Crippen LogP contribution >= 0.6 is 11.6 Å². The van der Waals surface area contributed by atoms with Crippen molar-refractivity contribution in [1.82, 2.24) is 19.6 Å². The lowest BCUT2D eigenvalue weighted by Gasteiger charge is -2.09. The van der Waals surface area contributed by atoms with Gasteiger partial charge in [0.05, 0.1) is 17.6 Å². The van der Waals surface area contributed by atoms with Crippen LogP contribution in [0.4, 0.5) is 5.69 Å². The highest BCUT2D eigenvalue weighted by Crippen LogP contribution is 2.14. The van der Waals surface area contributed by atoms with Crippen LogP contribution in [0, 0.1) is 13.8 Å². The SMILES string of the molecule is Cc1cc(C)n(CCCNc2cnn(C)c(=O)c2Cl)n1. The second-order valence-corrected chi connectivity index (χ2v) is 5.11. The summed E-state index contributed by atoms with van der Waals surface area (Å²) in [4.78, 5) is 11.6. The Kier molecular flexibility index (Phi) is 4.44. The molecule has 0 aliphatic heterocycles. The largest absolute Gasteiger partial charge is 0.382 e. The molecule has 0 amide bonds. The topological polar surface area (TPSA) is 64.7 Å². The van der Waals surface area contributed by atoms with Crippen molar-refractivity contribution in [3.05, 3.63) is 39.0 Å². The zero-order valence-electron chi connectivity index (χ0n) is 11.9. The molecule has 0 aliphatic rings. The molecule has 0 saturated heterocycles. The number of anilines is 1. The molecular weight excluding hydrogens is 278 g/mol. The van der Waals surface area contributed by atoms with E-state index >= 15 is 0 Å². The minimum atomic E-state index is -0.296. The Morgan fingerprint density at radius 1 is 1.40 bits per heavy atom. The van der Waals surface area contributed by atoms with Crippen molar-refractivity contribution in [1.29, 1.82) is 0 Å². The van der Waals surface area contributed by atoms with Crippen LogP contribution in [-0.2, 0) is 13.6 Å². The smallest absolute Gasteiger partial charge is 0.287 e. The van der Waals surface area contributed by atoms with E-state index in [9.17, 15) is 4.79 Å². The summed E-state index contributed by atoms with van der Waals surface area (Å²) < 4.78 is 3.18. The second-order valence-electron chi connectivity index (χ2n) is 4.73. The summed E-state index contributed by atoms with van der Waals surface area (Å²) in [5.41, 5.74) is 2.45. The van der Waals surface area contributed by atoms with Gasteiger partial charge in [-0.3, -0.25) is 9.48 Å². The van der Waals surface area contributed by atoms with E-state index < -0.39 is 0 Å². The highest BCUT2D eigenvalue weighted by molar-refractivity contribution is 6.32. The number of halogens is 1. The van der Waals surface area contributed by atoms with Gasteiger partial charge in [0, 0.05) is 25.8 Å². The van der Waals surface area contributed by atoms with Crippen LogP contribution in [0.25, 0.3) is 0 Å². The molecule has 0 unspecified atom stereocenters. The fraction of sp³-hybridized carbons (Fsp3) is 0.462. The summed E-state index contributed by atoms with van der Waals surface area (Å²) >= 11 is 5.97. The molecule has 108 valence electrons. The molecule has 0 saturated carbocycles. The molecule has 0 radical (unpaired) electrons. The van der Waals surface area contributed by atoms with E-state index in [0.717, 1.165) is 24.4 Å². The normalized spacial score (nSPS) is 10.8. The third kappa shape index (κ3) is 3.19. The first kappa shape index (κ1) is 14.6. The Morgan fingerprint density at radius 2 is 2.15 bits per heavy atom. The second kappa shape index (κ2) is 6.09. The molecule has 0 fully saturated rings. The van der Waals surface area contributed by atoms with Crippen molar-refractivity contribution < 1.29 is 0 Å². The van der Waals surface area contributed by atoms with Crippen LogP contribution in [-0.4, -0.2) is 26.1 Å². The van der Waals surface area contributed by atoms with E-state index in [0.29, 0.717) is 12.2 Å². The van der Waals surface area contributed by atoms with Gasteiger partial charge < -0.3 is 5.32 Å². The minimum Gasteiger partial charge on any atom is -0.382 e. The molecule has 6 nitrogen and oxygen atoms in total. The molecule has 0 bridgehead atoms. The van der Waals surface area contributed by atoms with Crippen molar-refractivity contribution in [3.8, 4) is 0 Å². The number of nitrogens with one attached hydrogen (secondary N) is 1. The van der Waals surface area contributed by atoms with Gasteiger partial charge in [-0.05, 0) is 26.3 Å². The van der Waals surface area contributed by atoms with Crippen LogP contribution in [0.5, 0.6) is 0 Å². The Hall–Kier alpha value is -1.82. The lowest BCUT2D eigenvalue weighted by molar-refractivity contribution is 0.573. The molecule has 20 heavy (non-hydrogen) atoms. The van der Waals surface area contributed by atoms with Gasteiger partial charge in [0.25, 0.3) is 5.56 Å². The maximum atomic E-state index is 11.6. The predicted molar refractivity (Wildman–Crippen MR) is 79.3 cm³/mol. The Labute approximate surface area is 122 Å². The molecule has 2 heterocycles. The van der Waals surface area contributed by atoms with Crippen LogP contribution in [0.2, 0.25) is 5.02 Å². The summed E-state index contributed by atoms with van der Waals surface area (Å²) in [6, 6.07) is 2.05. The van der Waals surface area contributed by atoms with E-state index in [4.69, 9.17) is 11.6 Å². The van der Waals surface area contributed by atoms with Crippen molar-refractivity contribution in [3.63, 3.8) is 0 Å². The monoisotopic (exact) mass is 295 g/mol. The van der Waals surface area contributed by atoms with E-state index in [1.165, 1.54) is 4.68 Å². The number of aromatic nitrogens is 4. The summed E-state index contributed by atoms with van der Waals surface area (Å²) in [6.45, 7) is 5.54. The van der Waals surface area contributed by atoms with E-state index in [1.807, 2.05) is 18.5 Å². The highest BCUT2D eigenvalue weighted by atomic mass is 35.5. The summed E-state index contributed by atoms with van der Waals surface area (Å²) in [5.74, 6) is 0. The van der Waals surface area contributed by atoms with Crippen LogP contribution in [0.1, 0.15) is 17.8 Å². The van der Waals surface area contributed by atoms with Crippen molar-refractivity contribution in [2.75, 3.05) is 11.9 Å². The van der Waals surface area contributed by atoms with Gasteiger partial charge in [-0.25, -0.2) is 4.68 Å². The molecule has 2 aromatic rings. The average Bonchev–Trinajstić information content (AvgIpc) is 2.72. The lowest BCUT2D eigenvalue weighted by Crippen LogP contribution is -2.21. The van der Waals surface area contributed by atoms with Gasteiger partial charge in [0.15, 0.2) is 0 Å². The number of hydrogen-bond acceptors (Lipinski definition) is 4. The number of rotatable bonds is 5. The molecular formula is C13H18ClN5O. The fourth-order valence-corrected chi connectivity index (χ4v) is 2.23. The van der Waals surface area contributed by atoms with Crippen LogP contribution in [0.15, 0.2) is 17.1 Å². The third-order valence-electron chi connectivity index (χ3n) is 3.04. The van der Waals surface area contributed by atoms with Gasteiger partial charge in [-0.2, -0.15) is 10.2 Å². The van der Waals surface area contributed by atoms with Crippen molar-refractivity contribution in [2.24, 2.45) is 7.05 Å². The summed E-state index contributed by atoms with van der Waals surface area (Å²) in [7, 11) is 1.57. The van der Waals surface area contributed by atoms with Crippen LogP contribution < -0.4 is 10.9 Å². The first-order chi connectivity index (χ1) is 9.49. The van der Waals surface area contributed by atoms with Gasteiger partial charge >= 0.3 is 0 Å². The number of hydrogen-bond donors (Lipinski definition) is 1. The molecule has 0 aromatic carbocycles. The average molecular weight is 296 g/mol. The van der Waals surface area contributed by atoms with E-state index in [-0.39, 0.29) is 10.6 Å². The van der Waals surface area contributed by atoms with Gasteiger partial charge in [-0.15, -0.1) is 0 Å². The van der Waals surface area contributed by atoms with E-state index in [1.54, 1.807) is 13.2 Å². The van der Waals surface area contributed by atoms with Crippen molar-refractivity contribution in [2.45, 2.75) is 26.8 Å². The Bertz CT molecular complexity index is 661. The zero-order chi connectivity index (χ0) is 14.7. The molecule has 0 atom stereocenters. The Morgan fingerprint density at radius 3 is 2.80 bits per heavy atom. The fourth-order valence-electron chi connectivity index (χ4n) is 1.99. The minimum absolute atomic E-state index is 0.175. The molecule has 0 spiro atoms. The molecule has 1 N–H and O–H groups in total. The number of nitrogens with zero attached hydrogens (tertiary/aromatic N) is 4. The Balaban J connectivity index is 1.89. The first-order valence-corrected chi connectivity index (χ1v) is 6.83. The standard InChI is InChI=1S/C13H18ClN5O/c1-9-7-10(2)19(17-9)6-4-5-15-11-8-16-18(3)13(20)12(11)14/h7-8,15H,4-6H2,1-3H3. The van der Waals surface area contributed by atoms with Gasteiger partial charge in [0.1, 0.15) is 5.02 Å². The number of aryl methyl sites for hydroxylation is 4. The van der Waals surface area contributed by atoms with Gasteiger partial charge in [0.2, 0.25) is 0 Å². The third-order valence-corrected chi connectivity index (χ3v) is 3.41. The molecule has 2 rings (SSSR count). The van der Waals surface area contributed by atoms with Crippen molar-refractivity contribution >= 4 is 17.3 Å². The van der Waals surface area contributed by atoms with Gasteiger partial charge in [-0.1, -0.05) is 11.6 Å². The molecule has 2 aromatic heterocycles. The molecule has 0 aliphatic carbocycles. The highest BCUT2D eigenvalue weighted by Gasteiger charge is 2.06. The first-order valence-electron chi connectivity index (χ1n) is 6.46. The quantitative estimate of drug-likeness (QED) is 0.854.